The monoisotopic (exact) mass is 196 g/mol. The Morgan fingerprint density at radius 3 is 2.64 bits per heavy atom. The van der Waals surface area contributed by atoms with Gasteiger partial charge in [0.2, 0.25) is 0 Å². The van der Waals surface area contributed by atoms with Gasteiger partial charge in [-0.15, -0.1) is 0 Å². The number of nitrogens with one attached hydrogen (secondary N) is 1. The molecule has 0 saturated heterocycles. The molecular formula is C10H20N4. The Hall–Kier alpha value is -0.870. The van der Waals surface area contributed by atoms with Crippen LogP contribution in [-0.2, 0) is 7.05 Å². The van der Waals surface area contributed by atoms with Crippen molar-refractivity contribution in [3.05, 3.63) is 18.0 Å². The highest BCUT2D eigenvalue weighted by Crippen LogP contribution is 2.35. The Morgan fingerprint density at radius 1 is 1.64 bits per heavy atom. The van der Waals surface area contributed by atoms with Gasteiger partial charge in [-0.3, -0.25) is 16.0 Å². The molecule has 1 unspecified atom stereocenters. The van der Waals surface area contributed by atoms with E-state index in [1.54, 1.807) is 4.68 Å². The van der Waals surface area contributed by atoms with E-state index in [9.17, 15) is 0 Å². The number of nitrogens with two attached hydrogens (primary N) is 1. The standard InChI is InChI=1S/C10H20N4/c1-5-10(2,3)9(13-11)8-6-12-14(4)7-8/h6-7,9,13H,5,11H2,1-4H3. The molecule has 0 saturated carbocycles. The highest BCUT2D eigenvalue weighted by atomic mass is 15.3. The fourth-order valence-corrected chi connectivity index (χ4v) is 1.57. The lowest BCUT2D eigenvalue weighted by molar-refractivity contribution is 0.236. The Morgan fingerprint density at radius 2 is 2.29 bits per heavy atom. The largest absolute Gasteiger partial charge is 0.275 e. The van der Waals surface area contributed by atoms with Crippen LogP contribution in [0.3, 0.4) is 0 Å². The second kappa shape index (κ2) is 4.11. The smallest absolute Gasteiger partial charge is 0.0541 e. The molecule has 1 aromatic heterocycles. The summed E-state index contributed by atoms with van der Waals surface area (Å²) in [5.41, 5.74) is 4.15. The molecule has 4 heteroatoms. The predicted molar refractivity (Wildman–Crippen MR) is 57.3 cm³/mol. The van der Waals surface area contributed by atoms with Crippen molar-refractivity contribution in [1.82, 2.24) is 15.2 Å². The second-order valence-electron chi connectivity index (χ2n) is 4.39. The van der Waals surface area contributed by atoms with Crippen molar-refractivity contribution in [3.63, 3.8) is 0 Å². The minimum atomic E-state index is 0.137. The van der Waals surface area contributed by atoms with Gasteiger partial charge < -0.3 is 0 Å². The zero-order valence-electron chi connectivity index (χ0n) is 9.41. The topological polar surface area (TPSA) is 55.9 Å². The molecule has 1 atom stereocenters. The van der Waals surface area contributed by atoms with E-state index in [0.29, 0.717) is 0 Å². The van der Waals surface area contributed by atoms with Crippen molar-refractivity contribution in [2.24, 2.45) is 18.3 Å². The minimum absolute atomic E-state index is 0.137. The number of aromatic nitrogens is 2. The summed E-state index contributed by atoms with van der Waals surface area (Å²) in [6.45, 7) is 6.57. The second-order valence-corrected chi connectivity index (χ2v) is 4.39. The molecule has 0 aromatic carbocycles. The lowest BCUT2D eigenvalue weighted by Gasteiger charge is -2.32. The van der Waals surface area contributed by atoms with E-state index in [1.807, 2.05) is 19.4 Å². The van der Waals surface area contributed by atoms with Crippen molar-refractivity contribution in [2.75, 3.05) is 0 Å². The molecule has 0 bridgehead atoms. The average Bonchev–Trinajstić information content (AvgIpc) is 2.53. The summed E-state index contributed by atoms with van der Waals surface area (Å²) in [6, 6.07) is 0.154. The summed E-state index contributed by atoms with van der Waals surface area (Å²) in [6.07, 6.45) is 4.93. The van der Waals surface area contributed by atoms with E-state index in [0.717, 1.165) is 12.0 Å². The molecule has 0 radical (unpaired) electrons. The summed E-state index contributed by atoms with van der Waals surface area (Å²) < 4.78 is 1.80. The van der Waals surface area contributed by atoms with E-state index < -0.39 is 0 Å². The number of hydrazine groups is 1. The maximum absolute atomic E-state index is 5.59. The summed E-state index contributed by atoms with van der Waals surface area (Å²) in [5, 5.41) is 4.15. The fourth-order valence-electron chi connectivity index (χ4n) is 1.57. The van der Waals surface area contributed by atoms with Crippen LogP contribution in [0.2, 0.25) is 0 Å². The molecule has 14 heavy (non-hydrogen) atoms. The molecule has 80 valence electrons. The molecular weight excluding hydrogens is 176 g/mol. The lowest BCUT2D eigenvalue weighted by atomic mass is 9.79. The van der Waals surface area contributed by atoms with Crippen molar-refractivity contribution in [1.29, 1.82) is 0 Å². The average molecular weight is 196 g/mol. The van der Waals surface area contributed by atoms with Crippen molar-refractivity contribution in [2.45, 2.75) is 33.2 Å². The van der Waals surface area contributed by atoms with Gasteiger partial charge in [-0.2, -0.15) is 5.10 Å². The molecule has 0 amide bonds. The highest BCUT2D eigenvalue weighted by molar-refractivity contribution is 5.13. The molecule has 1 rings (SSSR count). The highest BCUT2D eigenvalue weighted by Gasteiger charge is 2.28. The van der Waals surface area contributed by atoms with Gasteiger partial charge in [0, 0.05) is 18.8 Å². The number of rotatable bonds is 4. The maximum Gasteiger partial charge on any atom is 0.0541 e. The predicted octanol–water partition coefficient (Wildman–Crippen LogP) is 1.36. The van der Waals surface area contributed by atoms with Crippen LogP contribution in [0.5, 0.6) is 0 Å². The number of hydrogen-bond donors (Lipinski definition) is 2. The number of nitrogens with zero attached hydrogens (tertiary/aromatic N) is 2. The van der Waals surface area contributed by atoms with Crippen LogP contribution < -0.4 is 11.3 Å². The van der Waals surface area contributed by atoms with Gasteiger partial charge in [0.25, 0.3) is 0 Å². The molecule has 1 aromatic rings. The van der Waals surface area contributed by atoms with Gasteiger partial charge in [-0.1, -0.05) is 20.8 Å². The first kappa shape index (κ1) is 11.2. The van der Waals surface area contributed by atoms with Crippen molar-refractivity contribution < 1.29 is 0 Å². The molecule has 0 aliphatic heterocycles. The minimum Gasteiger partial charge on any atom is -0.275 e. The Labute approximate surface area is 85.5 Å². The Kier molecular flexibility index (Phi) is 3.29. The normalized spacial score (nSPS) is 14.4. The van der Waals surface area contributed by atoms with Crippen LogP contribution >= 0.6 is 0 Å². The van der Waals surface area contributed by atoms with E-state index in [2.05, 4.69) is 31.3 Å². The van der Waals surface area contributed by atoms with E-state index in [4.69, 9.17) is 5.84 Å². The zero-order valence-corrected chi connectivity index (χ0v) is 9.41. The van der Waals surface area contributed by atoms with Crippen LogP contribution in [0, 0.1) is 5.41 Å². The Balaban J connectivity index is 2.92. The number of aryl methyl sites for hydroxylation is 1. The van der Waals surface area contributed by atoms with Gasteiger partial charge in [0.05, 0.1) is 12.2 Å². The summed E-state index contributed by atoms with van der Waals surface area (Å²) >= 11 is 0. The summed E-state index contributed by atoms with van der Waals surface area (Å²) in [4.78, 5) is 0. The third-order valence-electron chi connectivity index (χ3n) is 2.92. The Bertz CT molecular complexity index is 290. The first-order chi connectivity index (χ1) is 6.51. The van der Waals surface area contributed by atoms with E-state index in [1.165, 1.54) is 0 Å². The molecule has 0 fully saturated rings. The molecule has 0 aliphatic carbocycles. The van der Waals surface area contributed by atoms with Crippen LogP contribution in [0.25, 0.3) is 0 Å². The van der Waals surface area contributed by atoms with Gasteiger partial charge in [-0.05, 0) is 11.8 Å². The van der Waals surface area contributed by atoms with Gasteiger partial charge >= 0.3 is 0 Å². The summed E-state index contributed by atoms with van der Waals surface area (Å²) in [7, 11) is 1.91. The van der Waals surface area contributed by atoms with Crippen LogP contribution in [0.4, 0.5) is 0 Å². The fraction of sp³-hybridized carbons (Fsp3) is 0.700. The molecule has 0 aliphatic rings. The number of hydrogen-bond acceptors (Lipinski definition) is 3. The van der Waals surface area contributed by atoms with Crippen LogP contribution in [0.15, 0.2) is 12.4 Å². The van der Waals surface area contributed by atoms with E-state index in [-0.39, 0.29) is 11.5 Å². The summed E-state index contributed by atoms with van der Waals surface area (Å²) in [5.74, 6) is 5.59. The maximum atomic E-state index is 5.59. The quantitative estimate of drug-likeness (QED) is 0.564. The van der Waals surface area contributed by atoms with Crippen LogP contribution in [-0.4, -0.2) is 9.78 Å². The third-order valence-corrected chi connectivity index (χ3v) is 2.92. The van der Waals surface area contributed by atoms with Crippen molar-refractivity contribution in [3.8, 4) is 0 Å². The first-order valence-corrected chi connectivity index (χ1v) is 4.96. The van der Waals surface area contributed by atoms with Gasteiger partial charge in [0.1, 0.15) is 0 Å². The molecule has 1 heterocycles. The van der Waals surface area contributed by atoms with Gasteiger partial charge in [-0.25, -0.2) is 0 Å². The zero-order chi connectivity index (χ0) is 10.8. The lowest BCUT2D eigenvalue weighted by Crippen LogP contribution is -2.37. The molecule has 0 spiro atoms. The SMILES string of the molecule is CCC(C)(C)C(NN)c1cnn(C)c1. The van der Waals surface area contributed by atoms with E-state index >= 15 is 0 Å². The molecule has 3 N–H and O–H groups in total. The third kappa shape index (κ3) is 2.13. The molecule has 4 nitrogen and oxygen atoms in total. The first-order valence-electron chi connectivity index (χ1n) is 4.96. The van der Waals surface area contributed by atoms with Crippen LogP contribution in [0.1, 0.15) is 38.8 Å². The van der Waals surface area contributed by atoms with Crippen molar-refractivity contribution >= 4 is 0 Å². The van der Waals surface area contributed by atoms with Gasteiger partial charge in [0.15, 0.2) is 0 Å².